The van der Waals surface area contributed by atoms with Crippen molar-refractivity contribution in [3.63, 3.8) is 0 Å². The quantitative estimate of drug-likeness (QED) is 0.294. The molecule has 1 aromatic rings. The summed E-state index contributed by atoms with van der Waals surface area (Å²) in [5.41, 5.74) is 1.60. The first-order chi connectivity index (χ1) is 9.81. The zero-order valence-electron chi connectivity index (χ0n) is 11.1. The van der Waals surface area contributed by atoms with Crippen LogP contribution in [0.25, 0.3) is 0 Å². The van der Waals surface area contributed by atoms with Gasteiger partial charge in [0.25, 0.3) is 5.69 Å². The van der Waals surface area contributed by atoms with E-state index in [1.54, 1.807) is 0 Å². The molecule has 0 aliphatic carbocycles. The van der Waals surface area contributed by atoms with Crippen LogP contribution in [0, 0.1) is 10.1 Å². The highest BCUT2D eigenvalue weighted by Crippen LogP contribution is 2.26. The monoisotopic (exact) mass is 317 g/mol. The molecule has 0 atom stereocenters. The van der Waals surface area contributed by atoms with Crippen molar-refractivity contribution in [3.8, 4) is 0 Å². The average Bonchev–Trinajstić information content (AvgIpc) is 2.45. The molecule has 0 aliphatic rings. The van der Waals surface area contributed by atoms with Crippen molar-refractivity contribution in [3.05, 3.63) is 28.3 Å². The van der Waals surface area contributed by atoms with E-state index in [1.165, 1.54) is 7.05 Å². The molecule has 1 aromatic carbocycles. The van der Waals surface area contributed by atoms with E-state index in [0.29, 0.717) is 0 Å². The third-order valence-corrected chi connectivity index (χ3v) is 4.01. The molecule has 116 valence electrons. The Morgan fingerprint density at radius 1 is 1.43 bits per heavy atom. The van der Waals surface area contributed by atoms with E-state index in [9.17, 15) is 23.3 Å². The van der Waals surface area contributed by atoms with Crippen LogP contribution in [0.5, 0.6) is 0 Å². The highest BCUT2D eigenvalue weighted by atomic mass is 32.2. The maximum absolute atomic E-state index is 12.0. The predicted molar refractivity (Wildman–Crippen MR) is 74.8 cm³/mol. The normalized spacial score (nSPS) is 11.0. The fourth-order valence-electron chi connectivity index (χ4n) is 1.46. The SMILES string of the molecule is CNC(=O)CCNS(=O)(=O)c1ccc([N+](=O)[O-])c(NN)c1. The minimum absolute atomic E-state index is 0.0231. The van der Waals surface area contributed by atoms with Gasteiger partial charge in [-0.2, -0.15) is 0 Å². The zero-order chi connectivity index (χ0) is 16.0. The molecule has 10 nitrogen and oxygen atoms in total. The molecule has 0 heterocycles. The van der Waals surface area contributed by atoms with Gasteiger partial charge in [-0.05, 0) is 12.1 Å². The largest absolute Gasteiger partial charge is 0.359 e. The van der Waals surface area contributed by atoms with Gasteiger partial charge in [-0.1, -0.05) is 0 Å². The third kappa shape index (κ3) is 4.37. The van der Waals surface area contributed by atoms with Gasteiger partial charge in [0, 0.05) is 26.1 Å². The molecule has 21 heavy (non-hydrogen) atoms. The topological polar surface area (TPSA) is 156 Å². The molecule has 0 saturated heterocycles. The number of nitro benzene ring substituents is 1. The molecule has 0 unspecified atom stereocenters. The number of anilines is 1. The first-order valence-electron chi connectivity index (χ1n) is 5.77. The molecule has 5 N–H and O–H groups in total. The van der Waals surface area contributed by atoms with Gasteiger partial charge in [0.1, 0.15) is 5.69 Å². The number of nitrogens with zero attached hydrogens (tertiary/aromatic N) is 1. The maximum atomic E-state index is 12.0. The molecule has 0 fully saturated rings. The summed E-state index contributed by atoms with van der Waals surface area (Å²) in [5.74, 6) is 4.82. The number of nitrogens with two attached hydrogens (primary N) is 1. The second-order valence-electron chi connectivity index (χ2n) is 3.90. The van der Waals surface area contributed by atoms with Crippen LogP contribution in [0.15, 0.2) is 23.1 Å². The van der Waals surface area contributed by atoms with Crippen LogP contribution < -0.4 is 21.3 Å². The molecule has 1 amide bonds. The Labute approximate surface area is 120 Å². The van der Waals surface area contributed by atoms with Crippen LogP contribution in [0.4, 0.5) is 11.4 Å². The summed E-state index contributed by atoms with van der Waals surface area (Å²) in [6.45, 7) is -0.0929. The third-order valence-electron chi connectivity index (χ3n) is 2.55. The Kier molecular flexibility index (Phi) is 5.58. The number of carbonyl (C=O) groups excluding carboxylic acids is 1. The molecule has 0 radical (unpaired) electrons. The molecule has 1 rings (SSSR count). The van der Waals surface area contributed by atoms with E-state index in [1.807, 2.05) is 0 Å². The van der Waals surface area contributed by atoms with Crippen molar-refractivity contribution in [1.29, 1.82) is 0 Å². The van der Waals surface area contributed by atoms with Crippen LogP contribution in [0.2, 0.25) is 0 Å². The summed E-state index contributed by atoms with van der Waals surface area (Å²) >= 11 is 0. The van der Waals surface area contributed by atoms with Crippen LogP contribution >= 0.6 is 0 Å². The maximum Gasteiger partial charge on any atom is 0.293 e. The lowest BCUT2D eigenvalue weighted by molar-refractivity contribution is -0.384. The summed E-state index contributed by atoms with van der Waals surface area (Å²) < 4.78 is 26.2. The summed E-state index contributed by atoms with van der Waals surface area (Å²) in [6, 6.07) is 3.16. The lowest BCUT2D eigenvalue weighted by atomic mass is 10.3. The number of rotatable bonds is 7. The number of hydrogen-bond acceptors (Lipinski definition) is 7. The number of benzene rings is 1. The van der Waals surface area contributed by atoms with E-state index >= 15 is 0 Å². The van der Waals surface area contributed by atoms with Crippen LogP contribution in [-0.4, -0.2) is 32.8 Å². The Hall–Kier alpha value is -2.24. The molecule has 0 bridgehead atoms. The van der Waals surface area contributed by atoms with Crippen LogP contribution in [0.1, 0.15) is 6.42 Å². The first-order valence-corrected chi connectivity index (χ1v) is 7.25. The van der Waals surface area contributed by atoms with Crippen LogP contribution in [-0.2, 0) is 14.8 Å². The molecule has 0 aromatic heterocycles. The minimum Gasteiger partial charge on any atom is -0.359 e. The van der Waals surface area contributed by atoms with Gasteiger partial charge < -0.3 is 10.7 Å². The van der Waals surface area contributed by atoms with Gasteiger partial charge in [0.15, 0.2) is 0 Å². The van der Waals surface area contributed by atoms with E-state index < -0.39 is 14.9 Å². The van der Waals surface area contributed by atoms with Gasteiger partial charge in [-0.15, -0.1) is 0 Å². The summed E-state index contributed by atoms with van der Waals surface area (Å²) in [4.78, 5) is 20.8. The molecule has 11 heteroatoms. The smallest absolute Gasteiger partial charge is 0.293 e. The van der Waals surface area contributed by atoms with Gasteiger partial charge in [-0.25, -0.2) is 13.1 Å². The number of nitrogens with one attached hydrogen (secondary N) is 3. The molecule has 0 aliphatic heterocycles. The zero-order valence-corrected chi connectivity index (χ0v) is 11.9. The van der Waals surface area contributed by atoms with Crippen molar-refractivity contribution in [2.45, 2.75) is 11.3 Å². The average molecular weight is 317 g/mol. The number of nitrogen functional groups attached to an aromatic ring is 1. The number of amides is 1. The molecule has 0 spiro atoms. The van der Waals surface area contributed by atoms with Gasteiger partial charge in [-0.3, -0.25) is 20.8 Å². The summed E-state index contributed by atoms with van der Waals surface area (Å²) in [6.07, 6.45) is -0.0231. The van der Waals surface area contributed by atoms with Crippen molar-refractivity contribution >= 4 is 27.3 Å². The van der Waals surface area contributed by atoms with Crippen LogP contribution in [0.3, 0.4) is 0 Å². The Bertz CT molecular complexity index is 645. The predicted octanol–water partition coefficient (Wildman–Crippen LogP) is -0.705. The number of nitro groups is 1. The fraction of sp³-hybridized carbons (Fsp3) is 0.300. The highest BCUT2D eigenvalue weighted by molar-refractivity contribution is 7.89. The lowest BCUT2D eigenvalue weighted by Gasteiger charge is -2.08. The molecular weight excluding hydrogens is 302 g/mol. The first kappa shape index (κ1) is 16.8. The second kappa shape index (κ2) is 6.97. The highest BCUT2D eigenvalue weighted by Gasteiger charge is 2.20. The van der Waals surface area contributed by atoms with Gasteiger partial charge in [0.05, 0.1) is 9.82 Å². The van der Waals surface area contributed by atoms with Crippen molar-refractivity contribution in [2.75, 3.05) is 19.0 Å². The lowest BCUT2D eigenvalue weighted by Crippen LogP contribution is -2.29. The minimum atomic E-state index is -3.89. The van der Waals surface area contributed by atoms with E-state index in [0.717, 1.165) is 18.2 Å². The van der Waals surface area contributed by atoms with E-state index in [2.05, 4.69) is 15.5 Å². The Balaban J connectivity index is 2.93. The van der Waals surface area contributed by atoms with Crippen molar-refractivity contribution < 1.29 is 18.1 Å². The van der Waals surface area contributed by atoms with Gasteiger partial charge >= 0.3 is 0 Å². The number of hydrogen-bond donors (Lipinski definition) is 4. The Morgan fingerprint density at radius 3 is 2.62 bits per heavy atom. The fourth-order valence-corrected chi connectivity index (χ4v) is 2.52. The standard InChI is InChI=1S/C10H15N5O5S/c1-12-10(16)4-5-13-21(19,20)7-2-3-9(15(17)18)8(6-7)14-11/h2-3,6,13-14H,4-5,11H2,1H3,(H,12,16). The summed E-state index contributed by atoms with van der Waals surface area (Å²) in [5, 5.41) is 13.1. The molecule has 0 saturated carbocycles. The second-order valence-corrected chi connectivity index (χ2v) is 5.67. The summed E-state index contributed by atoms with van der Waals surface area (Å²) in [7, 11) is -2.45. The Morgan fingerprint density at radius 2 is 2.10 bits per heavy atom. The number of hydrazine groups is 1. The number of carbonyl (C=O) groups is 1. The van der Waals surface area contributed by atoms with E-state index in [-0.39, 0.29) is 35.1 Å². The van der Waals surface area contributed by atoms with Crippen molar-refractivity contribution in [2.24, 2.45) is 5.84 Å². The molecular formula is C10H15N5O5S. The van der Waals surface area contributed by atoms with E-state index in [4.69, 9.17) is 5.84 Å². The van der Waals surface area contributed by atoms with Crippen molar-refractivity contribution in [1.82, 2.24) is 10.0 Å². The number of sulfonamides is 1. The van der Waals surface area contributed by atoms with Gasteiger partial charge in [0.2, 0.25) is 15.9 Å².